The van der Waals surface area contributed by atoms with Gasteiger partial charge in [-0.05, 0) is 109 Å². The van der Waals surface area contributed by atoms with E-state index in [9.17, 15) is 19.0 Å². The van der Waals surface area contributed by atoms with E-state index >= 15 is 0 Å². The summed E-state index contributed by atoms with van der Waals surface area (Å²) in [4.78, 5) is 38.0. The van der Waals surface area contributed by atoms with Crippen LogP contribution in [-0.4, -0.2) is 70.0 Å². The highest BCUT2D eigenvalue weighted by molar-refractivity contribution is 7.45. The maximum atomic E-state index is 12.8. The number of carbonyl (C=O) groups excluding carboxylic acids is 2. The van der Waals surface area contributed by atoms with Crippen LogP contribution in [0.15, 0.2) is 122 Å². The first-order valence-corrected chi connectivity index (χ1v) is 34.7. The Bertz CT molecular complexity index is 1800. The molecule has 0 radical (unpaired) electrons. The minimum Gasteiger partial charge on any atom is -0.756 e. The quantitative estimate of drug-likeness (QED) is 0.0195. The van der Waals surface area contributed by atoms with Gasteiger partial charge in [-0.25, -0.2) is 0 Å². The summed E-state index contributed by atoms with van der Waals surface area (Å²) in [6, 6.07) is 0. The third kappa shape index (κ3) is 65.6. The zero-order valence-electron chi connectivity index (χ0n) is 53.4. The van der Waals surface area contributed by atoms with Crippen molar-refractivity contribution in [2.75, 3.05) is 47.5 Å². The summed E-state index contributed by atoms with van der Waals surface area (Å²) in [6.45, 7) is 4.10. The number of rotatable bonds is 60. The maximum absolute atomic E-state index is 12.8. The van der Waals surface area contributed by atoms with Crippen molar-refractivity contribution in [1.82, 2.24) is 0 Å². The molecule has 0 aromatic rings. The van der Waals surface area contributed by atoms with Gasteiger partial charge < -0.3 is 27.9 Å². The second-order valence-corrected chi connectivity index (χ2v) is 24.5. The van der Waals surface area contributed by atoms with E-state index in [1.165, 1.54) is 128 Å². The monoisotopic (exact) mass is 1160 g/mol. The predicted molar refractivity (Wildman–Crippen MR) is 351 cm³/mol. The number of phosphoric ester groups is 1. The topological polar surface area (TPSA) is 111 Å². The molecular formula is C72H124NO8P. The van der Waals surface area contributed by atoms with Gasteiger partial charge in [0.15, 0.2) is 6.10 Å². The molecule has 0 fully saturated rings. The lowest BCUT2D eigenvalue weighted by atomic mass is 10.0. The van der Waals surface area contributed by atoms with E-state index in [4.69, 9.17) is 18.5 Å². The SMILES string of the molecule is CC/C=C\C/C=C\C/C=C\C/C=C\C/C=C\C/C=C\C/C=C\CCCCCCCC(=O)OC(COC(=O)CCCCCCCCCCCCCCCCCC/C=C\C/C=C\C/C=C\CCCCCCC)COP(=O)([O-])OCC[N+](C)(C)C. The Morgan fingerprint density at radius 2 is 0.695 bits per heavy atom. The molecule has 0 aliphatic carbocycles. The van der Waals surface area contributed by atoms with Crippen molar-refractivity contribution in [2.45, 2.75) is 277 Å². The molecule has 2 atom stereocenters. The lowest BCUT2D eigenvalue weighted by molar-refractivity contribution is -0.870. The highest BCUT2D eigenvalue weighted by Crippen LogP contribution is 2.38. The van der Waals surface area contributed by atoms with Crippen molar-refractivity contribution >= 4 is 19.8 Å². The van der Waals surface area contributed by atoms with Gasteiger partial charge in [-0.1, -0.05) is 270 Å². The molecule has 0 aliphatic rings. The Morgan fingerprint density at radius 1 is 0.390 bits per heavy atom. The normalized spacial score (nSPS) is 14.0. The van der Waals surface area contributed by atoms with Crippen LogP contribution in [0.3, 0.4) is 0 Å². The van der Waals surface area contributed by atoms with Crippen LogP contribution in [0.25, 0.3) is 0 Å². The number of esters is 2. The molecule has 470 valence electrons. The smallest absolute Gasteiger partial charge is 0.306 e. The van der Waals surface area contributed by atoms with E-state index in [2.05, 4.69) is 135 Å². The van der Waals surface area contributed by atoms with Crippen molar-refractivity contribution < 1.29 is 42.1 Å². The van der Waals surface area contributed by atoms with Gasteiger partial charge in [0, 0.05) is 12.8 Å². The Morgan fingerprint density at radius 3 is 1.04 bits per heavy atom. The minimum absolute atomic E-state index is 0.0407. The molecule has 2 unspecified atom stereocenters. The Labute approximate surface area is 505 Å². The largest absolute Gasteiger partial charge is 0.756 e. The Balaban J connectivity index is 4.14. The van der Waals surface area contributed by atoms with Gasteiger partial charge in [-0.3, -0.25) is 14.2 Å². The summed E-state index contributed by atoms with van der Waals surface area (Å²) in [5.74, 6) is -0.857. The zero-order chi connectivity index (χ0) is 59.8. The fraction of sp³-hybridized carbons (Fsp3) is 0.694. The molecule has 0 spiro atoms. The van der Waals surface area contributed by atoms with Crippen LogP contribution in [0.4, 0.5) is 0 Å². The van der Waals surface area contributed by atoms with Gasteiger partial charge in [0.25, 0.3) is 7.82 Å². The highest BCUT2D eigenvalue weighted by Gasteiger charge is 2.22. The summed E-state index contributed by atoms with van der Waals surface area (Å²) in [5, 5.41) is 0. The minimum atomic E-state index is -4.65. The summed E-state index contributed by atoms with van der Waals surface area (Å²) < 4.78 is 34.2. The maximum Gasteiger partial charge on any atom is 0.306 e. The van der Waals surface area contributed by atoms with Crippen molar-refractivity contribution in [3.8, 4) is 0 Å². The first-order valence-electron chi connectivity index (χ1n) is 33.2. The molecule has 0 saturated carbocycles. The van der Waals surface area contributed by atoms with Crippen LogP contribution in [0.1, 0.15) is 271 Å². The van der Waals surface area contributed by atoms with Crippen molar-refractivity contribution in [2.24, 2.45) is 0 Å². The molecule has 0 rings (SSSR count). The summed E-state index contributed by atoms with van der Waals surface area (Å²) in [5.41, 5.74) is 0. The molecule has 10 heteroatoms. The van der Waals surface area contributed by atoms with Crippen molar-refractivity contribution in [3.63, 3.8) is 0 Å². The van der Waals surface area contributed by atoms with Gasteiger partial charge in [-0.2, -0.15) is 0 Å². The Hall–Kier alpha value is -3.59. The summed E-state index contributed by atoms with van der Waals surface area (Å²) in [6.07, 6.45) is 88.3. The first-order chi connectivity index (χ1) is 40.0. The van der Waals surface area contributed by atoms with E-state index in [0.29, 0.717) is 17.4 Å². The van der Waals surface area contributed by atoms with Crippen LogP contribution in [0, 0.1) is 0 Å². The first kappa shape index (κ1) is 78.4. The number of nitrogens with zero attached hydrogens (tertiary/aromatic N) is 1. The Kier molecular flexibility index (Phi) is 59.2. The van der Waals surface area contributed by atoms with E-state index in [-0.39, 0.29) is 26.1 Å². The van der Waals surface area contributed by atoms with Crippen LogP contribution in [0.2, 0.25) is 0 Å². The van der Waals surface area contributed by atoms with E-state index in [1.54, 1.807) is 0 Å². The van der Waals surface area contributed by atoms with Crippen LogP contribution in [-0.2, 0) is 32.7 Å². The van der Waals surface area contributed by atoms with Gasteiger partial charge in [0.05, 0.1) is 27.7 Å². The van der Waals surface area contributed by atoms with Gasteiger partial charge in [0.2, 0.25) is 0 Å². The summed E-state index contributed by atoms with van der Waals surface area (Å²) >= 11 is 0. The third-order valence-corrected chi connectivity index (χ3v) is 14.9. The summed E-state index contributed by atoms with van der Waals surface area (Å²) in [7, 11) is 1.14. The number of phosphoric acid groups is 1. The van der Waals surface area contributed by atoms with Gasteiger partial charge in [-0.15, -0.1) is 0 Å². The lowest BCUT2D eigenvalue weighted by Crippen LogP contribution is -2.37. The van der Waals surface area contributed by atoms with Crippen LogP contribution >= 0.6 is 7.82 Å². The average molecular weight is 1160 g/mol. The van der Waals surface area contributed by atoms with Crippen LogP contribution < -0.4 is 4.89 Å². The fourth-order valence-electron chi connectivity index (χ4n) is 8.88. The fourth-order valence-corrected chi connectivity index (χ4v) is 9.61. The van der Waals surface area contributed by atoms with Crippen LogP contribution in [0.5, 0.6) is 0 Å². The molecule has 0 heterocycles. The number of allylic oxidation sites excluding steroid dienone is 20. The third-order valence-electron chi connectivity index (χ3n) is 14.0. The number of carbonyl (C=O) groups is 2. The molecule has 82 heavy (non-hydrogen) atoms. The zero-order valence-corrected chi connectivity index (χ0v) is 54.3. The van der Waals surface area contributed by atoms with E-state index < -0.39 is 32.5 Å². The average Bonchev–Trinajstić information content (AvgIpc) is 3.46. The molecule has 0 aromatic carbocycles. The predicted octanol–water partition coefficient (Wildman–Crippen LogP) is 20.9. The van der Waals surface area contributed by atoms with Gasteiger partial charge >= 0.3 is 11.9 Å². The van der Waals surface area contributed by atoms with E-state index in [0.717, 1.165) is 109 Å². The second kappa shape index (κ2) is 62.0. The molecule has 9 nitrogen and oxygen atoms in total. The molecular weight excluding hydrogens is 1040 g/mol. The second-order valence-electron chi connectivity index (χ2n) is 23.1. The molecule has 0 N–H and O–H groups in total. The lowest BCUT2D eigenvalue weighted by Gasteiger charge is -2.28. The number of quaternary nitrogens is 1. The van der Waals surface area contributed by atoms with E-state index in [1.807, 2.05) is 21.1 Å². The number of hydrogen-bond acceptors (Lipinski definition) is 8. The molecule has 0 aromatic heterocycles. The molecule has 0 amide bonds. The number of unbranched alkanes of at least 4 members (excludes halogenated alkanes) is 26. The van der Waals surface area contributed by atoms with Gasteiger partial charge in [0.1, 0.15) is 19.8 Å². The number of hydrogen-bond donors (Lipinski definition) is 0. The molecule has 0 bridgehead atoms. The molecule has 0 saturated heterocycles. The molecule has 0 aliphatic heterocycles. The highest BCUT2D eigenvalue weighted by atomic mass is 31.2. The number of likely N-dealkylation sites (N-methyl/N-ethyl adjacent to an activating group) is 1. The van der Waals surface area contributed by atoms with Crippen molar-refractivity contribution in [1.29, 1.82) is 0 Å². The van der Waals surface area contributed by atoms with Crippen molar-refractivity contribution in [3.05, 3.63) is 122 Å². The number of ether oxygens (including phenoxy) is 2. The standard InChI is InChI=1S/C72H124NO8P/c1-6-8-10-12-14-16-18-20-22-24-26-28-30-32-34-35-36-37-39-40-42-44-46-48-50-52-54-56-58-60-62-64-71(74)78-68-70(69-80-82(76,77)79-67-66-73(3,4)5)81-72(75)65-63-61-59-57-55-53-51-49-47-45-43-41-38-33-31-29-27-25-23-21-19-17-15-13-11-9-7-2/h9,11,15,17-18,20-21,23-24,26-27,29-30,32-33,38,43,45,49,51,70H,6-8,10,12-14,16,19,22,25,28,31,34-37,39-42,44,46-48,50,52-69H2,1-5H3/b11-9-,17-15-,20-18-,23-21-,26-24-,29-27-,32-30-,38-33-,45-43-,51-49-.